The number of methoxy groups -OCH3 is 1. The molecule has 0 bridgehead atoms. The third-order valence-electron chi connectivity index (χ3n) is 5.30. The van der Waals surface area contributed by atoms with Crippen molar-refractivity contribution in [1.29, 1.82) is 0 Å². The first kappa shape index (κ1) is 27.1. The van der Waals surface area contributed by atoms with Crippen LogP contribution in [0.3, 0.4) is 0 Å². The molecule has 1 saturated heterocycles. The number of carbonyl (C=O) groups is 3. The molecule has 196 valence electrons. The second-order valence-electron chi connectivity index (χ2n) is 7.77. The summed E-state index contributed by atoms with van der Waals surface area (Å²) >= 11 is 1.86. The van der Waals surface area contributed by atoms with Gasteiger partial charge in [0.05, 0.1) is 23.0 Å². The number of hydrogen-bond donors (Lipinski definition) is 1. The molecular formula is C26H21IN2O8S. The van der Waals surface area contributed by atoms with Crippen molar-refractivity contribution >= 4 is 62.3 Å². The van der Waals surface area contributed by atoms with E-state index >= 15 is 0 Å². The Morgan fingerprint density at radius 1 is 1.00 bits per heavy atom. The zero-order valence-electron chi connectivity index (χ0n) is 20.1. The van der Waals surface area contributed by atoms with Crippen LogP contribution in [-0.2, 0) is 19.7 Å². The summed E-state index contributed by atoms with van der Waals surface area (Å²) in [6.45, 7) is 2.28. The highest BCUT2D eigenvalue weighted by molar-refractivity contribution is 14.1. The molecule has 0 saturated carbocycles. The van der Waals surface area contributed by atoms with Crippen LogP contribution in [0.4, 0.5) is 10.5 Å². The lowest BCUT2D eigenvalue weighted by Gasteiger charge is -2.26. The van der Waals surface area contributed by atoms with Gasteiger partial charge in [-0.05, 0) is 89.7 Å². The number of halogens is 1. The van der Waals surface area contributed by atoms with Crippen molar-refractivity contribution in [3.8, 4) is 17.2 Å². The van der Waals surface area contributed by atoms with Crippen LogP contribution >= 0.6 is 22.6 Å². The summed E-state index contributed by atoms with van der Waals surface area (Å²) < 4.78 is 41.9. The van der Waals surface area contributed by atoms with Gasteiger partial charge in [0.25, 0.3) is 11.8 Å². The highest BCUT2D eigenvalue weighted by Crippen LogP contribution is 2.37. The maximum Gasteiger partial charge on any atom is 0.339 e. The zero-order valence-corrected chi connectivity index (χ0v) is 23.1. The van der Waals surface area contributed by atoms with Crippen LogP contribution < -0.4 is 23.9 Å². The first-order valence-electron chi connectivity index (χ1n) is 11.2. The summed E-state index contributed by atoms with van der Waals surface area (Å²) in [5.41, 5.74) is 0.286. The molecule has 0 atom stereocenters. The minimum absolute atomic E-state index is 0.0347. The number of amides is 4. The van der Waals surface area contributed by atoms with E-state index in [0.717, 1.165) is 4.90 Å². The number of imide groups is 2. The number of rotatable bonds is 8. The third-order valence-corrected chi connectivity index (χ3v) is 7.33. The lowest BCUT2D eigenvalue weighted by molar-refractivity contribution is -0.122. The molecule has 3 aromatic carbocycles. The molecule has 38 heavy (non-hydrogen) atoms. The van der Waals surface area contributed by atoms with Gasteiger partial charge in [-0.15, -0.1) is 0 Å². The topological polar surface area (TPSA) is 128 Å². The molecule has 1 aliphatic rings. The molecule has 0 unspecified atom stereocenters. The molecule has 1 N–H and O–H groups in total. The molecule has 0 radical (unpaired) electrons. The SMILES string of the molecule is CCOc1ccc(N2C(=O)NC(=O)/C(=C\c3cc(I)c(OS(=O)(=O)c4ccccc4)c(OC)c3)C2=O)cc1. The smallest absolute Gasteiger partial charge is 0.339 e. The Balaban J connectivity index is 1.67. The van der Waals surface area contributed by atoms with E-state index in [1.165, 1.54) is 49.6 Å². The molecular weight excluding hydrogens is 627 g/mol. The fraction of sp³-hybridized carbons (Fsp3) is 0.115. The largest absolute Gasteiger partial charge is 0.494 e. The summed E-state index contributed by atoms with van der Waals surface area (Å²) in [5.74, 6) is -1.13. The van der Waals surface area contributed by atoms with Gasteiger partial charge in [0.1, 0.15) is 16.2 Å². The Kier molecular flexibility index (Phi) is 8.02. The van der Waals surface area contributed by atoms with Crippen LogP contribution in [0.1, 0.15) is 12.5 Å². The number of ether oxygens (including phenoxy) is 2. The molecule has 4 rings (SSSR count). The maximum absolute atomic E-state index is 13.2. The van der Waals surface area contributed by atoms with Gasteiger partial charge in [0.2, 0.25) is 0 Å². The van der Waals surface area contributed by atoms with Gasteiger partial charge in [0, 0.05) is 0 Å². The molecule has 12 heteroatoms. The highest BCUT2D eigenvalue weighted by Gasteiger charge is 2.37. The van der Waals surface area contributed by atoms with E-state index in [1.807, 2.05) is 29.5 Å². The predicted octanol–water partition coefficient (Wildman–Crippen LogP) is 4.13. The Hall–Kier alpha value is -3.91. The summed E-state index contributed by atoms with van der Waals surface area (Å²) in [7, 11) is -2.82. The first-order chi connectivity index (χ1) is 18.1. The van der Waals surface area contributed by atoms with Crippen molar-refractivity contribution in [2.75, 3.05) is 18.6 Å². The number of urea groups is 1. The number of nitrogens with one attached hydrogen (secondary N) is 1. The predicted molar refractivity (Wildman–Crippen MR) is 147 cm³/mol. The van der Waals surface area contributed by atoms with E-state index in [0.29, 0.717) is 21.5 Å². The molecule has 1 heterocycles. The van der Waals surface area contributed by atoms with Crippen molar-refractivity contribution in [3.05, 3.63) is 81.4 Å². The molecule has 10 nitrogen and oxygen atoms in total. The quantitative estimate of drug-likeness (QED) is 0.167. The number of benzene rings is 3. The van der Waals surface area contributed by atoms with Crippen LogP contribution in [0.25, 0.3) is 6.08 Å². The molecule has 1 fully saturated rings. The number of nitrogens with zero attached hydrogens (tertiary/aromatic N) is 1. The molecule has 0 spiro atoms. The Bertz CT molecular complexity index is 1540. The van der Waals surface area contributed by atoms with Gasteiger partial charge < -0.3 is 13.7 Å². The lowest BCUT2D eigenvalue weighted by Crippen LogP contribution is -2.54. The second kappa shape index (κ2) is 11.2. The van der Waals surface area contributed by atoms with E-state index in [4.69, 9.17) is 13.7 Å². The fourth-order valence-electron chi connectivity index (χ4n) is 3.57. The first-order valence-corrected chi connectivity index (χ1v) is 13.6. The Morgan fingerprint density at radius 3 is 2.32 bits per heavy atom. The standard InChI is InChI=1S/C26H21IN2O8S/c1-3-36-18-11-9-17(10-12-18)29-25(31)20(24(30)28-26(29)32)13-16-14-21(27)23(22(15-16)35-2)37-38(33,34)19-7-5-4-6-8-19/h4-15H,3H2,1-2H3,(H,28,30,32)/b20-13+. The summed E-state index contributed by atoms with van der Waals surface area (Å²) in [6.07, 6.45) is 1.28. The van der Waals surface area contributed by atoms with Gasteiger partial charge in [-0.3, -0.25) is 14.9 Å². The van der Waals surface area contributed by atoms with Gasteiger partial charge in [-0.1, -0.05) is 18.2 Å². The zero-order chi connectivity index (χ0) is 27.4. The Labute approximate surface area is 232 Å². The fourth-order valence-corrected chi connectivity index (χ4v) is 5.43. The van der Waals surface area contributed by atoms with Gasteiger partial charge in [0.15, 0.2) is 11.5 Å². The van der Waals surface area contributed by atoms with Crippen molar-refractivity contribution in [1.82, 2.24) is 5.32 Å². The minimum Gasteiger partial charge on any atom is -0.494 e. The average molecular weight is 648 g/mol. The van der Waals surface area contributed by atoms with E-state index < -0.39 is 28.0 Å². The Morgan fingerprint density at radius 2 is 1.68 bits per heavy atom. The molecule has 1 aliphatic heterocycles. The summed E-state index contributed by atoms with van der Waals surface area (Å²) in [4.78, 5) is 39.1. The van der Waals surface area contributed by atoms with E-state index in [9.17, 15) is 22.8 Å². The van der Waals surface area contributed by atoms with Crippen molar-refractivity contribution in [2.45, 2.75) is 11.8 Å². The van der Waals surface area contributed by atoms with Crippen LogP contribution in [0.15, 0.2) is 77.2 Å². The molecule has 3 aromatic rings. The molecule has 0 aliphatic carbocycles. The average Bonchev–Trinajstić information content (AvgIpc) is 2.89. The second-order valence-corrected chi connectivity index (χ2v) is 10.5. The number of barbiturate groups is 1. The summed E-state index contributed by atoms with van der Waals surface area (Å²) in [5, 5.41) is 2.16. The number of hydrogen-bond acceptors (Lipinski definition) is 8. The molecule has 4 amide bonds. The monoisotopic (exact) mass is 648 g/mol. The molecule has 0 aromatic heterocycles. The summed E-state index contributed by atoms with van der Waals surface area (Å²) in [6, 6.07) is 15.9. The van der Waals surface area contributed by atoms with Crippen molar-refractivity contribution in [3.63, 3.8) is 0 Å². The maximum atomic E-state index is 13.2. The van der Waals surface area contributed by atoms with Crippen molar-refractivity contribution in [2.24, 2.45) is 0 Å². The van der Waals surface area contributed by atoms with Crippen molar-refractivity contribution < 1.29 is 36.5 Å². The van der Waals surface area contributed by atoms with Crippen LogP contribution in [0.2, 0.25) is 0 Å². The normalized spacial score (nSPS) is 14.9. The van der Waals surface area contributed by atoms with Crippen LogP contribution in [0.5, 0.6) is 17.2 Å². The van der Waals surface area contributed by atoms with Gasteiger partial charge >= 0.3 is 16.1 Å². The van der Waals surface area contributed by atoms with Gasteiger partial charge in [-0.2, -0.15) is 8.42 Å². The van der Waals surface area contributed by atoms with Gasteiger partial charge in [-0.25, -0.2) is 9.69 Å². The van der Waals surface area contributed by atoms with E-state index in [-0.39, 0.29) is 27.7 Å². The minimum atomic E-state index is -4.15. The van der Waals surface area contributed by atoms with E-state index in [1.54, 1.807) is 30.3 Å². The van der Waals surface area contributed by atoms with Crippen LogP contribution in [-0.4, -0.2) is 40.0 Å². The number of carbonyl (C=O) groups excluding carboxylic acids is 3. The van der Waals surface area contributed by atoms with E-state index in [2.05, 4.69) is 5.32 Å². The lowest BCUT2D eigenvalue weighted by atomic mass is 10.1. The third kappa shape index (κ3) is 5.65. The van der Waals surface area contributed by atoms with Crippen LogP contribution in [0, 0.1) is 3.57 Å². The highest BCUT2D eigenvalue weighted by atomic mass is 127. The number of anilines is 1.